The van der Waals surface area contributed by atoms with E-state index in [9.17, 15) is 4.79 Å². The number of hydrogen-bond donors (Lipinski definition) is 2. The summed E-state index contributed by atoms with van der Waals surface area (Å²) in [6.45, 7) is 1.89. The topological polar surface area (TPSA) is 70.7 Å². The van der Waals surface area contributed by atoms with Crippen LogP contribution in [0.2, 0.25) is 0 Å². The van der Waals surface area contributed by atoms with Crippen LogP contribution in [0.3, 0.4) is 0 Å². The quantitative estimate of drug-likeness (QED) is 0.778. The van der Waals surface area contributed by atoms with Gasteiger partial charge >= 0.3 is 0 Å². The highest BCUT2D eigenvalue weighted by atomic mass is 32.1. The molecule has 0 aliphatic heterocycles. The summed E-state index contributed by atoms with van der Waals surface area (Å²) in [5.41, 5.74) is 1.70. The van der Waals surface area contributed by atoms with Crippen molar-refractivity contribution in [2.24, 2.45) is 0 Å². The molecule has 5 nitrogen and oxygen atoms in total. The van der Waals surface area contributed by atoms with E-state index in [1.54, 1.807) is 28.9 Å². The molecule has 0 spiro atoms. The molecule has 0 bridgehead atoms. The van der Waals surface area contributed by atoms with Crippen molar-refractivity contribution < 1.29 is 4.79 Å². The van der Waals surface area contributed by atoms with E-state index in [0.717, 1.165) is 21.1 Å². The van der Waals surface area contributed by atoms with E-state index in [-0.39, 0.29) is 12.3 Å². The summed E-state index contributed by atoms with van der Waals surface area (Å²) in [6, 6.07) is 4.02. The molecular weight excluding hydrogens is 292 g/mol. The van der Waals surface area contributed by atoms with Gasteiger partial charge in [-0.05, 0) is 18.4 Å². The largest absolute Gasteiger partial charge is 0.311 e. The molecule has 0 fully saturated rings. The van der Waals surface area contributed by atoms with Gasteiger partial charge in [-0.3, -0.25) is 9.89 Å². The minimum absolute atomic E-state index is 0.0969. The van der Waals surface area contributed by atoms with Crippen LogP contribution >= 0.6 is 22.7 Å². The Kier molecular flexibility index (Phi) is 3.62. The number of aromatic nitrogens is 3. The number of thiophene rings is 1. The monoisotopic (exact) mass is 304 g/mol. The Bertz CT molecular complexity index is 714. The molecule has 0 radical (unpaired) electrons. The molecule has 0 unspecified atom stereocenters. The van der Waals surface area contributed by atoms with Gasteiger partial charge in [0, 0.05) is 10.9 Å². The second-order valence-electron chi connectivity index (χ2n) is 4.27. The molecule has 3 rings (SSSR count). The van der Waals surface area contributed by atoms with E-state index in [1.807, 2.05) is 29.8 Å². The van der Waals surface area contributed by atoms with E-state index in [0.29, 0.717) is 5.82 Å². The molecule has 102 valence electrons. The molecule has 3 aromatic heterocycles. The number of carbonyl (C=O) groups excluding carboxylic acids is 1. The van der Waals surface area contributed by atoms with Crippen LogP contribution in [0.25, 0.3) is 9.88 Å². The van der Waals surface area contributed by atoms with Gasteiger partial charge in [0.1, 0.15) is 10.8 Å². The number of aryl methyl sites for hydroxylation is 1. The second kappa shape index (κ2) is 5.56. The van der Waals surface area contributed by atoms with Crippen LogP contribution in [0.1, 0.15) is 11.3 Å². The van der Waals surface area contributed by atoms with Crippen molar-refractivity contribution in [2.75, 3.05) is 5.32 Å². The first-order valence-corrected chi connectivity index (χ1v) is 7.76. The third-order valence-electron chi connectivity index (χ3n) is 2.72. The number of anilines is 1. The summed E-state index contributed by atoms with van der Waals surface area (Å²) in [7, 11) is 0. The van der Waals surface area contributed by atoms with Gasteiger partial charge in [0.2, 0.25) is 5.91 Å². The van der Waals surface area contributed by atoms with Crippen molar-refractivity contribution >= 4 is 34.4 Å². The van der Waals surface area contributed by atoms with Gasteiger partial charge in [-0.15, -0.1) is 22.7 Å². The number of nitrogens with zero attached hydrogens (tertiary/aromatic N) is 2. The molecule has 1 amide bonds. The third kappa shape index (κ3) is 2.78. The molecule has 0 aliphatic rings. The number of hydrogen-bond acceptors (Lipinski definition) is 5. The summed E-state index contributed by atoms with van der Waals surface area (Å²) in [4.78, 5) is 17.6. The first-order chi connectivity index (χ1) is 9.72. The van der Waals surface area contributed by atoms with Crippen LogP contribution in [0, 0.1) is 6.92 Å². The molecule has 0 saturated heterocycles. The fourth-order valence-corrected chi connectivity index (χ4v) is 3.36. The summed E-state index contributed by atoms with van der Waals surface area (Å²) in [6.07, 6.45) is 1.94. The van der Waals surface area contributed by atoms with Crippen molar-refractivity contribution in [1.29, 1.82) is 0 Å². The van der Waals surface area contributed by atoms with Gasteiger partial charge in [-0.25, -0.2) is 4.98 Å². The molecule has 2 N–H and O–H groups in total. The molecule has 0 aliphatic carbocycles. The van der Waals surface area contributed by atoms with Crippen molar-refractivity contribution in [1.82, 2.24) is 15.2 Å². The standard InChI is InChI=1S/C13H12N4OS2/c1-8-6-14-17-12(8)16-11(18)5-9-7-20-13(15-9)10-3-2-4-19-10/h2-4,6-7H,5H2,1H3,(H2,14,16,17,18). The Morgan fingerprint density at radius 2 is 2.35 bits per heavy atom. The minimum atomic E-state index is -0.0969. The average Bonchev–Trinajstić information content (AvgIpc) is 3.12. The van der Waals surface area contributed by atoms with Gasteiger partial charge < -0.3 is 5.32 Å². The zero-order valence-corrected chi connectivity index (χ0v) is 12.3. The fraction of sp³-hybridized carbons (Fsp3) is 0.154. The normalized spacial score (nSPS) is 10.7. The SMILES string of the molecule is Cc1cn[nH]c1NC(=O)Cc1csc(-c2cccs2)n1. The number of nitrogens with one attached hydrogen (secondary N) is 2. The van der Waals surface area contributed by atoms with Crippen molar-refractivity contribution in [3.05, 3.63) is 40.3 Å². The summed E-state index contributed by atoms with van der Waals surface area (Å²) in [5, 5.41) is 14.3. The minimum Gasteiger partial charge on any atom is -0.311 e. The maximum absolute atomic E-state index is 11.9. The average molecular weight is 304 g/mol. The predicted octanol–water partition coefficient (Wildman–Crippen LogP) is 3.08. The van der Waals surface area contributed by atoms with Crippen LogP contribution in [0.4, 0.5) is 5.82 Å². The van der Waals surface area contributed by atoms with Gasteiger partial charge in [0.05, 0.1) is 23.2 Å². The molecule has 0 atom stereocenters. The number of amides is 1. The predicted molar refractivity (Wildman–Crippen MR) is 81.1 cm³/mol. The Balaban J connectivity index is 1.66. The second-order valence-corrected chi connectivity index (χ2v) is 6.08. The summed E-state index contributed by atoms with van der Waals surface area (Å²) < 4.78 is 0. The third-order valence-corrected chi connectivity index (χ3v) is 4.65. The first-order valence-electron chi connectivity index (χ1n) is 6.00. The molecule has 7 heteroatoms. The van der Waals surface area contributed by atoms with E-state index in [2.05, 4.69) is 20.5 Å². The Hall–Kier alpha value is -1.99. The molecule has 3 aromatic rings. The summed E-state index contributed by atoms with van der Waals surface area (Å²) >= 11 is 3.21. The molecule has 3 heterocycles. The lowest BCUT2D eigenvalue weighted by Gasteiger charge is -2.01. The summed E-state index contributed by atoms with van der Waals surface area (Å²) in [5.74, 6) is 0.545. The number of thiazole rings is 1. The van der Waals surface area contributed by atoms with E-state index < -0.39 is 0 Å². The Morgan fingerprint density at radius 1 is 1.45 bits per heavy atom. The van der Waals surface area contributed by atoms with Crippen LogP contribution in [0.5, 0.6) is 0 Å². The van der Waals surface area contributed by atoms with Crippen LogP contribution in [-0.4, -0.2) is 21.1 Å². The Labute approximate surface area is 123 Å². The Morgan fingerprint density at radius 3 is 3.05 bits per heavy atom. The number of H-pyrrole nitrogens is 1. The van der Waals surface area contributed by atoms with Gasteiger partial charge in [-0.2, -0.15) is 5.10 Å². The van der Waals surface area contributed by atoms with Crippen molar-refractivity contribution in [2.45, 2.75) is 13.3 Å². The fourth-order valence-electron chi connectivity index (χ4n) is 1.72. The van der Waals surface area contributed by atoms with Gasteiger partial charge in [0.15, 0.2) is 0 Å². The van der Waals surface area contributed by atoms with Crippen molar-refractivity contribution in [3.63, 3.8) is 0 Å². The highest BCUT2D eigenvalue weighted by molar-refractivity contribution is 7.20. The van der Waals surface area contributed by atoms with Crippen LogP contribution in [0.15, 0.2) is 29.1 Å². The maximum Gasteiger partial charge on any atom is 0.231 e. The maximum atomic E-state index is 11.9. The lowest BCUT2D eigenvalue weighted by atomic mass is 10.3. The van der Waals surface area contributed by atoms with Gasteiger partial charge in [0.25, 0.3) is 0 Å². The first kappa shape index (κ1) is 13.0. The van der Waals surface area contributed by atoms with Gasteiger partial charge in [-0.1, -0.05) is 6.07 Å². The zero-order valence-electron chi connectivity index (χ0n) is 10.7. The highest BCUT2D eigenvalue weighted by Gasteiger charge is 2.11. The lowest BCUT2D eigenvalue weighted by molar-refractivity contribution is -0.115. The van der Waals surface area contributed by atoms with Crippen LogP contribution < -0.4 is 5.32 Å². The highest BCUT2D eigenvalue weighted by Crippen LogP contribution is 2.27. The lowest BCUT2D eigenvalue weighted by Crippen LogP contribution is -2.15. The zero-order chi connectivity index (χ0) is 13.9. The molecule has 20 heavy (non-hydrogen) atoms. The molecule has 0 aromatic carbocycles. The smallest absolute Gasteiger partial charge is 0.231 e. The molecular formula is C13H12N4OS2. The number of rotatable bonds is 4. The van der Waals surface area contributed by atoms with E-state index in [1.165, 1.54) is 0 Å². The van der Waals surface area contributed by atoms with Crippen LogP contribution in [-0.2, 0) is 11.2 Å². The van der Waals surface area contributed by atoms with E-state index in [4.69, 9.17) is 0 Å². The van der Waals surface area contributed by atoms with Crippen molar-refractivity contribution in [3.8, 4) is 9.88 Å². The molecule has 0 saturated carbocycles. The number of aromatic amines is 1. The van der Waals surface area contributed by atoms with E-state index >= 15 is 0 Å². The number of carbonyl (C=O) groups is 1.